The molecule has 0 unspecified atom stereocenters. The van der Waals surface area contributed by atoms with E-state index in [4.69, 9.17) is 28.4 Å². The number of hydrogen-bond donors (Lipinski definition) is 3. The van der Waals surface area contributed by atoms with E-state index >= 15 is 0 Å². The highest BCUT2D eigenvalue weighted by Gasteiger charge is 2.54. The first-order valence-corrected chi connectivity index (χ1v) is 17.0. The van der Waals surface area contributed by atoms with Crippen molar-refractivity contribution in [3.05, 3.63) is 29.8 Å². The van der Waals surface area contributed by atoms with Crippen LogP contribution in [0.25, 0.3) is 0 Å². The average Bonchev–Trinajstić information content (AvgIpc) is 2.99. The summed E-state index contributed by atoms with van der Waals surface area (Å²) >= 11 is 0. The highest BCUT2D eigenvalue weighted by atomic mass is 16.6. The Kier molecular flexibility index (Phi) is 14.3. The summed E-state index contributed by atoms with van der Waals surface area (Å²) in [6.07, 6.45) is -7.00. The standard InChI is InChI=1S/C37H56N2O13/c1-34(2,3)30(43)49-23-19-48-26(27(51-32(45)36(7,8)9)25(23)50-31(44)35(4,5)6)24(29(42)47-13)39-28(41)22(38-33(46)52-37(10,11)12)18-20-14-16-21(40)17-15-20/h14-17,22-27,40H,18-19H2,1-13H3,(H,38,46)(H,39,41)/t22-,23-,24-,25-,26-,27+/m0/s1. The molecule has 1 fully saturated rings. The molecule has 1 aliphatic heterocycles. The molecule has 2 amide bonds. The molecule has 1 saturated heterocycles. The van der Waals surface area contributed by atoms with Crippen molar-refractivity contribution in [2.45, 2.75) is 132 Å². The number of carbonyl (C=O) groups excluding carboxylic acids is 6. The molecule has 1 aromatic rings. The zero-order valence-electron chi connectivity index (χ0n) is 32.5. The smallest absolute Gasteiger partial charge is 0.408 e. The Morgan fingerprint density at radius 3 is 1.69 bits per heavy atom. The molecule has 2 rings (SSSR count). The normalized spacial score (nSPS) is 20.7. The van der Waals surface area contributed by atoms with Gasteiger partial charge in [-0.3, -0.25) is 19.2 Å². The first-order valence-electron chi connectivity index (χ1n) is 17.0. The van der Waals surface area contributed by atoms with Crippen LogP contribution in [0, 0.1) is 16.2 Å². The number of aromatic hydroxyl groups is 1. The molecule has 1 heterocycles. The van der Waals surface area contributed by atoms with Gasteiger partial charge in [-0.2, -0.15) is 0 Å². The predicted molar refractivity (Wildman–Crippen MR) is 187 cm³/mol. The van der Waals surface area contributed by atoms with Gasteiger partial charge in [0.2, 0.25) is 5.91 Å². The monoisotopic (exact) mass is 736 g/mol. The second-order valence-corrected chi connectivity index (χ2v) is 16.8. The number of benzene rings is 1. The number of methoxy groups -OCH3 is 1. The molecule has 1 aliphatic rings. The number of hydrogen-bond acceptors (Lipinski definition) is 13. The minimum Gasteiger partial charge on any atom is -0.508 e. The summed E-state index contributed by atoms with van der Waals surface area (Å²) in [5.74, 6) is -4.11. The van der Waals surface area contributed by atoms with Gasteiger partial charge in [-0.15, -0.1) is 0 Å². The van der Waals surface area contributed by atoms with Gasteiger partial charge in [0.25, 0.3) is 0 Å². The Hall–Kier alpha value is -4.40. The summed E-state index contributed by atoms with van der Waals surface area (Å²) in [4.78, 5) is 80.2. The van der Waals surface area contributed by atoms with Crippen molar-refractivity contribution in [2.24, 2.45) is 16.2 Å². The zero-order chi connectivity index (χ0) is 40.0. The summed E-state index contributed by atoms with van der Waals surface area (Å²) < 4.78 is 34.1. The van der Waals surface area contributed by atoms with Crippen molar-refractivity contribution in [1.29, 1.82) is 0 Å². The van der Waals surface area contributed by atoms with Gasteiger partial charge in [0.1, 0.15) is 23.5 Å². The van der Waals surface area contributed by atoms with E-state index in [1.807, 2.05) is 0 Å². The molecule has 0 aliphatic carbocycles. The van der Waals surface area contributed by atoms with Crippen molar-refractivity contribution in [2.75, 3.05) is 13.7 Å². The minimum atomic E-state index is -1.71. The molecule has 15 nitrogen and oxygen atoms in total. The lowest BCUT2D eigenvalue weighted by molar-refractivity contribution is -0.239. The number of esters is 4. The molecular weight excluding hydrogens is 680 g/mol. The largest absolute Gasteiger partial charge is 0.508 e. The van der Waals surface area contributed by atoms with Crippen molar-refractivity contribution in [1.82, 2.24) is 10.6 Å². The molecule has 0 saturated carbocycles. The molecule has 0 radical (unpaired) electrons. The van der Waals surface area contributed by atoms with Crippen LogP contribution in [-0.4, -0.2) is 96.8 Å². The number of amides is 2. The molecule has 3 N–H and O–H groups in total. The second kappa shape index (κ2) is 17.0. The van der Waals surface area contributed by atoms with Crippen LogP contribution in [0.5, 0.6) is 5.75 Å². The SMILES string of the molecule is COC(=O)[C@@H](NC(=O)[C@H](Cc1ccc(O)cc1)NC(=O)OC(C)(C)C)[C@@H]1OC[C@H](OC(=O)C(C)(C)C)[C@H](OC(=O)C(C)(C)C)[C@H]1OC(=O)C(C)(C)C. The van der Waals surface area contributed by atoms with Crippen LogP contribution in [-0.2, 0) is 58.8 Å². The zero-order valence-corrected chi connectivity index (χ0v) is 32.5. The summed E-state index contributed by atoms with van der Waals surface area (Å²) in [5, 5.41) is 14.8. The molecule has 15 heteroatoms. The first-order chi connectivity index (χ1) is 23.6. The van der Waals surface area contributed by atoms with E-state index in [0.29, 0.717) is 5.56 Å². The maximum absolute atomic E-state index is 14.0. The van der Waals surface area contributed by atoms with Crippen LogP contribution >= 0.6 is 0 Å². The van der Waals surface area contributed by atoms with Gasteiger partial charge >= 0.3 is 30.0 Å². The van der Waals surface area contributed by atoms with Crippen molar-refractivity contribution < 1.29 is 62.3 Å². The highest BCUT2D eigenvalue weighted by molar-refractivity contribution is 5.90. The number of ether oxygens (including phenoxy) is 6. The van der Waals surface area contributed by atoms with Crippen LogP contribution in [0.3, 0.4) is 0 Å². The van der Waals surface area contributed by atoms with Crippen LogP contribution in [0.15, 0.2) is 24.3 Å². The van der Waals surface area contributed by atoms with E-state index in [9.17, 15) is 33.9 Å². The molecule has 0 aromatic heterocycles. The lowest BCUT2D eigenvalue weighted by Crippen LogP contribution is -2.66. The van der Waals surface area contributed by atoms with E-state index in [1.165, 1.54) is 12.1 Å². The Balaban J connectivity index is 2.67. The number of carbonyl (C=O) groups is 6. The van der Waals surface area contributed by atoms with Crippen LogP contribution in [0.2, 0.25) is 0 Å². The lowest BCUT2D eigenvalue weighted by atomic mass is 9.91. The lowest BCUT2D eigenvalue weighted by Gasteiger charge is -2.44. The Labute approximate surface area is 305 Å². The maximum Gasteiger partial charge on any atom is 0.408 e. The Bertz CT molecular complexity index is 1450. The van der Waals surface area contributed by atoms with Gasteiger partial charge in [0.05, 0.1) is 30.0 Å². The molecule has 52 heavy (non-hydrogen) atoms. The third kappa shape index (κ3) is 13.0. The molecule has 6 atom stereocenters. The van der Waals surface area contributed by atoms with Crippen molar-refractivity contribution in [3.8, 4) is 5.75 Å². The third-order valence-electron chi connectivity index (χ3n) is 7.51. The van der Waals surface area contributed by atoms with Crippen molar-refractivity contribution in [3.63, 3.8) is 0 Å². The summed E-state index contributed by atoms with van der Waals surface area (Å²) in [5.41, 5.74) is -3.52. The summed E-state index contributed by atoms with van der Waals surface area (Å²) in [6.45, 7) is 18.9. The predicted octanol–water partition coefficient (Wildman–Crippen LogP) is 3.76. The second-order valence-electron chi connectivity index (χ2n) is 16.8. The number of nitrogens with one attached hydrogen (secondary N) is 2. The van der Waals surface area contributed by atoms with Gasteiger partial charge < -0.3 is 44.2 Å². The van der Waals surface area contributed by atoms with Gasteiger partial charge in [-0.05, 0) is 101 Å². The fourth-order valence-corrected chi connectivity index (χ4v) is 4.56. The van der Waals surface area contributed by atoms with Crippen LogP contribution in [0.4, 0.5) is 4.79 Å². The van der Waals surface area contributed by atoms with Gasteiger partial charge in [-0.1, -0.05) is 12.1 Å². The molecule has 0 bridgehead atoms. The van der Waals surface area contributed by atoms with E-state index in [1.54, 1.807) is 95.2 Å². The molecule has 0 spiro atoms. The molecular formula is C37H56N2O13. The van der Waals surface area contributed by atoms with Crippen LogP contribution in [0.1, 0.15) is 88.6 Å². The highest BCUT2D eigenvalue weighted by Crippen LogP contribution is 2.32. The quantitative estimate of drug-likeness (QED) is 0.232. The van der Waals surface area contributed by atoms with Gasteiger partial charge in [0.15, 0.2) is 24.4 Å². The third-order valence-corrected chi connectivity index (χ3v) is 7.51. The van der Waals surface area contributed by atoms with E-state index in [2.05, 4.69) is 10.6 Å². The molecule has 292 valence electrons. The molecule has 1 aromatic carbocycles. The summed E-state index contributed by atoms with van der Waals surface area (Å²) in [7, 11) is 1.07. The van der Waals surface area contributed by atoms with Crippen LogP contribution < -0.4 is 10.6 Å². The Morgan fingerprint density at radius 2 is 1.23 bits per heavy atom. The van der Waals surface area contributed by atoms with Gasteiger partial charge in [-0.25, -0.2) is 9.59 Å². The first kappa shape index (κ1) is 43.8. The number of alkyl carbamates (subject to hydrolysis) is 1. The van der Waals surface area contributed by atoms with Gasteiger partial charge in [0, 0.05) is 6.42 Å². The van der Waals surface area contributed by atoms with Crippen molar-refractivity contribution >= 4 is 35.9 Å². The minimum absolute atomic E-state index is 0.0194. The fourth-order valence-electron chi connectivity index (χ4n) is 4.56. The van der Waals surface area contributed by atoms with E-state index < -0.39 is 101 Å². The Morgan fingerprint density at radius 1 is 0.750 bits per heavy atom. The fraction of sp³-hybridized carbons (Fsp3) is 0.676. The number of rotatable bonds is 10. The number of phenolic OH excluding ortho intramolecular Hbond substituents is 1. The maximum atomic E-state index is 14.0. The topological polar surface area (TPSA) is 202 Å². The van der Waals surface area contributed by atoms with E-state index in [0.717, 1.165) is 7.11 Å². The summed E-state index contributed by atoms with van der Waals surface area (Å²) in [6, 6.07) is 2.84. The van der Waals surface area contributed by atoms with E-state index in [-0.39, 0.29) is 12.2 Å². The number of phenols is 1. The average molecular weight is 737 g/mol.